The van der Waals surface area contributed by atoms with Crippen LogP contribution < -0.4 is 5.32 Å². The van der Waals surface area contributed by atoms with Gasteiger partial charge in [-0.2, -0.15) is 0 Å². The Hall–Kier alpha value is -1.76. The molecule has 1 aromatic carbocycles. The molecule has 0 aliphatic heterocycles. The van der Waals surface area contributed by atoms with Crippen molar-refractivity contribution in [3.05, 3.63) is 40.1 Å². The van der Waals surface area contributed by atoms with Crippen LogP contribution in [0.15, 0.2) is 22.7 Å². The number of H-pyrrole nitrogens is 1. The molecule has 0 spiro atoms. The first-order valence-electron chi connectivity index (χ1n) is 5.96. The average molecular weight is 341 g/mol. The minimum absolute atomic E-state index is 0.0192. The van der Waals surface area contributed by atoms with E-state index in [1.54, 1.807) is 6.07 Å². The highest BCUT2D eigenvalue weighted by molar-refractivity contribution is 9.10. The van der Waals surface area contributed by atoms with Crippen LogP contribution in [0.1, 0.15) is 37.2 Å². The number of anilines is 1. The predicted molar refractivity (Wildman–Crippen MR) is 77.1 cm³/mol. The fourth-order valence-corrected chi connectivity index (χ4v) is 1.83. The number of aromatic nitrogens is 3. The summed E-state index contributed by atoms with van der Waals surface area (Å²) < 4.78 is 14.2. The van der Waals surface area contributed by atoms with Gasteiger partial charge < -0.3 is 5.32 Å². The minimum atomic E-state index is -0.561. The van der Waals surface area contributed by atoms with Gasteiger partial charge in [0.05, 0.1) is 5.69 Å². The molecule has 0 atom stereocenters. The topological polar surface area (TPSA) is 70.7 Å². The van der Waals surface area contributed by atoms with Crippen molar-refractivity contribution < 1.29 is 9.18 Å². The van der Waals surface area contributed by atoms with E-state index in [2.05, 4.69) is 36.4 Å². The zero-order valence-electron chi connectivity index (χ0n) is 11.3. The Morgan fingerprint density at radius 3 is 2.70 bits per heavy atom. The molecule has 20 heavy (non-hydrogen) atoms. The van der Waals surface area contributed by atoms with Gasteiger partial charge in [0.15, 0.2) is 0 Å². The van der Waals surface area contributed by atoms with Crippen molar-refractivity contribution in [3.63, 3.8) is 0 Å². The van der Waals surface area contributed by atoms with E-state index in [9.17, 15) is 9.18 Å². The van der Waals surface area contributed by atoms with Crippen LogP contribution in [0.5, 0.6) is 0 Å². The molecule has 0 radical (unpaired) electrons. The maximum Gasteiger partial charge on any atom is 0.295 e. The Morgan fingerprint density at radius 1 is 1.40 bits per heavy atom. The number of carbonyl (C=O) groups excluding carboxylic acids is 1. The Balaban J connectivity index is 2.20. The Kier molecular flexibility index (Phi) is 3.89. The van der Waals surface area contributed by atoms with Gasteiger partial charge in [0.1, 0.15) is 11.6 Å². The lowest BCUT2D eigenvalue weighted by Crippen LogP contribution is -2.16. The van der Waals surface area contributed by atoms with Crippen LogP contribution >= 0.6 is 15.9 Å². The van der Waals surface area contributed by atoms with E-state index >= 15 is 0 Å². The van der Waals surface area contributed by atoms with Crippen molar-refractivity contribution in [3.8, 4) is 0 Å². The van der Waals surface area contributed by atoms with Crippen LogP contribution in [0.2, 0.25) is 0 Å². The lowest BCUT2D eigenvalue weighted by atomic mass is 9.96. The van der Waals surface area contributed by atoms with Crippen molar-refractivity contribution in [1.82, 2.24) is 15.2 Å². The number of benzene rings is 1. The number of nitrogens with one attached hydrogen (secondary N) is 2. The molecule has 2 N–H and O–H groups in total. The molecule has 1 heterocycles. The monoisotopic (exact) mass is 340 g/mol. The largest absolute Gasteiger partial charge is 0.317 e. The van der Waals surface area contributed by atoms with Gasteiger partial charge in [0.2, 0.25) is 5.82 Å². The maximum absolute atomic E-state index is 13.6. The van der Waals surface area contributed by atoms with Gasteiger partial charge >= 0.3 is 0 Å². The van der Waals surface area contributed by atoms with E-state index < -0.39 is 11.7 Å². The van der Waals surface area contributed by atoms with Crippen molar-refractivity contribution >= 4 is 27.5 Å². The summed E-state index contributed by atoms with van der Waals surface area (Å²) in [5.74, 6) is -0.506. The molecule has 0 saturated heterocycles. The molecule has 5 nitrogen and oxygen atoms in total. The van der Waals surface area contributed by atoms with E-state index in [-0.39, 0.29) is 16.9 Å². The number of amides is 1. The van der Waals surface area contributed by atoms with Crippen molar-refractivity contribution in [2.45, 2.75) is 26.2 Å². The minimum Gasteiger partial charge on any atom is -0.317 e. The molecule has 0 saturated carbocycles. The average Bonchev–Trinajstić information content (AvgIpc) is 2.83. The third kappa shape index (κ3) is 3.22. The normalized spacial score (nSPS) is 11.4. The van der Waals surface area contributed by atoms with Crippen molar-refractivity contribution in [1.29, 1.82) is 0 Å². The second-order valence-electron chi connectivity index (χ2n) is 5.34. The molecule has 0 aliphatic rings. The molecular formula is C13H14BrFN4O. The molecule has 0 unspecified atom stereocenters. The van der Waals surface area contributed by atoms with E-state index in [4.69, 9.17) is 0 Å². The highest BCUT2D eigenvalue weighted by Crippen LogP contribution is 2.21. The lowest BCUT2D eigenvalue weighted by Gasteiger charge is -2.12. The molecular weight excluding hydrogens is 327 g/mol. The molecule has 7 heteroatoms. The van der Waals surface area contributed by atoms with Gasteiger partial charge in [-0.05, 0) is 18.2 Å². The molecule has 106 valence electrons. The number of hydrogen-bond acceptors (Lipinski definition) is 3. The summed E-state index contributed by atoms with van der Waals surface area (Å²) in [4.78, 5) is 16.1. The number of hydrogen-bond donors (Lipinski definition) is 2. The third-order valence-electron chi connectivity index (χ3n) is 2.58. The van der Waals surface area contributed by atoms with Gasteiger partial charge in [0, 0.05) is 9.89 Å². The first kappa shape index (κ1) is 14.6. The second kappa shape index (κ2) is 5.32. The van der Waals surface area contributed by atoms with Crippen molar-refractivity contribution in [2.75, 3.05) is 5.32 Å². The quantitative estimate of drug-likeness (QED) is 0.881. The SMILES string of the molecule is CC(C)(C)c1nc(C(=O)Nc2cc(Br)ccc2F)n[nH]1. The zero-order chi connectivity index (χ0) is 14.9. The fourth-order valence-electron chi connectivity index (χ4n) is 1.47. The van der Waals surface area contributed by atoms with Crippen LogP contribution in [0.3, 0.4) is 0 Å². The molecule has 1 amide bonds. The van der Waals surface area contributed by atoms with Gasteiger partial charge in [0.25, 0.3) is 5.91 Å². The van der Waals surface area contributed by atoms with Crippen LogP contribution in [0.25, 0.3) is 0 Å². The summed E-state index contributed by atoms with van der Waals surface area (Å²) in [6.45, 7) is 5.84. The summed E-state index contributed by atoms with van der Waals surface area (Å²) in [6.07, 6.45) is 0. The smallest absolute Gasteiger partial charge is 0.295 e. The second-order valence-corrected chi connectivity index (χ2v) is 6.25. The number of carbonyl (C=O) groups is 1. The molecule has 0 fully saturated rings. The van der Waals surface area contributed by atoms with E-state index in [0.717, 1.165) is 0 Å². The first-order chi connectivity index (χ1) is 9.27. The lowest BCUT2D eigenvalue weighted by molar-refractivity contribution is 0.101. The highest BCUT2D eigenvalue weighted by Gasteiger charge is 2.21. The number of halogens is 2. The predicted octanol–water partition coefficient (Wildman–Crippen LogP) is 3.26. The third-order valence-corrected chi connectivity index (χ3v) is 3.07. The van der Waals surface area contributed by atoms with Gasteiger partial charge in [-0.15, -0.1) is 5.10 Å². The standard InChI is InChI=1S/C13H14BrFN4O/c1-13(2,3)12-17-10(18-19-12)11(20)16-9-6-7(14)4-5-8(9)15/h4-6H,1-3H3,(H,16,20)(H,17,18,19). The van der Waals surface area contributed by atoms with Crippen LogP contribution in [-0.4, -0.2) is 21.1 Å². The summed E-state index contributed by atoms with van der Waals surface area (Å²) in [7, 11) is 0. The number of rotatable bonds is 2. The number of nitrogens with zero attached hydrogens (tertiary/aromatic N) is 2. The zero-order valence-corrected chi connectivity index (χ0v) is 12.9. The van der Waals surface area contributed by atoms with Gasteiger partial charge in [-0.1, -0.05) is 36.7 Å². The Bertz CT molecular complexity index is 648. The number of aromatic amines is 1. The van der Waals surface area contributed by atoms with E-state index in [0.29, 0.717) is 10.3 Å². The van der Waals surface area contributed by atoms with E-state index in [1.807, 2.05) is 20.8 Å². The van der Waals surface area contributed by atoms with Crippen LogP contribution in [0.4, 0.5) is 10.1 Å². The molecule has 0 aliphatic carbocycles. The molecule has 2 aromatic rings. The summed E-state index contributed by atoms with van der Waals surface area (Å²) in [5.41, 5.74) is -0.168. The summed E-state index contributed by atoms with van der Waals surface area (Å²) in [6, 6.07) is 4.29. The van der Waals surface area contributed by atoms with Crippen molar-refractivity contribution in [2.24, 2.45) is 0 Å². The molecule has 2 rings (SSSR count). The van der Waals surface area contributed by atoms with Gasteiger partial charge in [-0.25, -0.2) is 9.37 Å². The Morgan fingerprint density at radius 2 is 2.10 bits per heavy atom. The Labute approximate surface area is 124 Å². The van der Waals surface area contributed by atoms with Crippen LogP contribution in [-0.2, 0) is 5.41 Å². The van der Waals surface area contributed by atoms with Gasteiger partial charge in [-0.3, -0.25) is 9.89 Å². The molecule has 1 aromatic heterocycles. The maximum atomic E-state index is 13.6. The summed E-state index contributed by atoms with van der Waals surface area (Å²) in [5, 5.41) is 9.01. The van der Waals surface area contributed by atoms with E-state index in [1.165, 1.54) is 12.1 Å². The first-order valence-corrected chi connectivity index (χ1v) is 6.76. The fraction of sp³-hybridized carbons (Fsp3) is 0.308. The summed E-state index contributed by atoms with van der Waals surface area (Å²) >= 11 is 3.22. The highest BCUT2D eigenvalue weighted by atomic mass is 79.9. The molecule has 0 bridgehead atoms. The van der Waals surface area contributed by atoms with Crippen LogP contribution in [0, 0.1) is 5.82 Å².